The monoisotopic (exact) mass is 178 g/mol. The summed E-state index contributed by atoms with van der Waals surface area (Å²) in [4.78, 5) is 4.03. The Labute approximate surface area is 78.1 Å². The number of nitrogens with zero attached hydrogens (tertiary/aromatic N) is 1. The minimum absolute atomic E-state index is 0.456. The predicted molar refractivity (Wildman–Crippen MR) is 50.8 cm³/mol. The quantitative estimate of drug-likeness (QED) is 0.745. The molecule has 1 aromatic heterocycles. The summed E-state index contributed by atoms with van der Waals surface area (Å²) >= 11 is 0. The molecule has 3 nitrogen and oxygen atoms in total. The summed E-state index contributed by atoms with van der Waals surface area (Å²) in [6.07, 6.45) is 6.03. The average Bonchev–Trinajstić information content (AvgIpc) is 2.70. The molecule has 70 valence electrons. The van der Waals surface area contributed by atoms with Crippen LogP contribution in [0.3, 0.4) is 0 Å². The van der Waals surface area contributed by atoms with Crippen LogP contribution in [0.2, 0.25) is 0 Å². The molecule has 1 fully saturated rings. The van der Waals surface area contributed by atoms with Crippen molar-refractivity contribution in [3.05, 3.63) is 24.0 Å². The van der Waals surface area contributed by atoms with Crippen molar-refractivity contribution in [1.82, 2.24) is 10.3 Å². The van der Waals surface area contributed by atoms with Crippen molar-refractivity contribution in [1.29, 1.82) is 0 Å². The van der Waals surface area contributed by atoms with Crippen LogP contribution in [0, 0.1) is 0 Å². The number of rotatable bonds is 2. The first kappa shape index (κ1) is 8.51. The number of methoxy groups -OCH3 is 1. The summed E-state index contributed by atoms with van der Waals surface area (Å²) in [5.41, 5.74) is 1.23. The summed E-state index contributed by atoms with van der Waals surface area (Å²) < 4.78 is 5.26. The van der Waals surface area contributed by atoms with Gasteiger partial charge in [0.1, 0.15) is 5.75 Å². The van der Waals surface area contributed by atoms with Gasteiger partial charge >= 0.3 is 0 Å². The molecule has 1 atom stereocenters. The zero-order valence-corrected chi connectivity index (χ0v) is 7.79. The molecule has 1 aliphatic rings. The summed E-state index contributed by atoms with van der Waals surface area (Å²) in [5.74, 6) is 0.891. The molecule has 3 heteroatoms. The third-order valence-electron chi connectivity index (χ3n) is 2.47. The Kier molecular flexibility index (Phi) is 2.45. The molecular weight excluding hydrogens is 164 g/mol. The second-order valence-corrected chi connectivity index (χ2v) is 3.27. The van der Waals surface area contributed by atoms with Gasteiger partial charge in [-0.15, -0.1) is 0 Å². The maximum Gasteiger partial charge on any atom is 0.141 e. The number of ether oxygens (including phenoxy) is 1. The summed E-state index contributed by atoms with van der Waals surface area (Å²) in [6.45, 7) is 1.11. The molecule has 0 amide bonds. The van der Waals surface area contributed by atoms with Crippen LogP contribution < -0.4 is 10.1 Å². The molecule has 0 spiro atoms. The lowest BCUT2D eigenvalue weighted by atomic mass is 10.1. The van der Waals surface area contributed by atoms with Crippen LogP contribution in [-0.2, 0) is 0 Å². The van der Waals surface area contributed by atoms with Gasteiger partial charge in [0.2, 0.25) is 0 Å². The maximum absolute atomic E-state index is 5.26. The molecule has 0 unspecified atom stereocenters. The number of pyridine rings is 1. The van der Waals surface area contributed by atoms with Gasteiger partial charge in [0, 0.05) is 17.8 Å². The topological polar surface area (TPSA) is 34.1 Å². The second-order valence-electron chi connectivity index (χ2n) is 3.27. The van der Waals surface area contributed by atoms with Gasteiger partial charge in [-0.1, -0.05) is 0 Å². The lowest BCUT2D eigenvalue weighted by molar-refractivity contribution is 0.401. The third kappa shape index (κ3) is 1.65. The summed E-state index contributed by atoms with van der Waals surface area (Å²) in [5, 5.41) is 3.44. The Hall–Kier alpha value is -1.09. The second kappa shape index (κ2) is 3.75. The first-order chi connectivity index (χ1) is 6.42. The van der Waals surface area contributed by atoms with E-state index in [1.54, 1.807) is 13.3 Å². The SMILES string of the molecule is COc1cnccc1[C@H]1CCCN1. The van der Waals surface area contributed by atoms with Crippen molar-refractivity contribution >= 4 is 0 Å². The normalized spacial score (nSPS) is 21.8. The highest BCUT2D eigenvalue weighted by Crippen LogP contribution is 2.29. The Morgan fingerprint density at radius 3 is 3.23 bits per heavy atom. The third-order valence-corrected chi connectivity index (χ3v) is 2.47. The van der Waals surface area contributed by atoms with Crippen molar-refractivity contribution in [2.75, 3.05) is 13.7 Å². The van der Waals surface area contributed by atoms with Gasteiger partial charge < -0.3 is 10.1 Å². The minimum atomic E-state index is 0.456. The Morgan fingerprint density at radius 2 is 2.54 bits per heavy atom. The lowest BCUT2D eigenvalue weighted by Crippen LogP contribution is -2.13. The van der Waals surface area contributed by atoms with E-state index >= 15 is 0 Å². The first-order valence-corrected chi connectivity index (χ1v) is 4.63. The molecule has 0 aliphatic carbocycles. The smallest absolute Gasteiger partial charge is 0.141 e. The molecule has 0 saturated carbocycles. The zero-order chi connectivity index (χ0) is 9.10. The van der Waals surface area contributed by atoms with Crippen molar-refractivity contribution in [3.63, 3.8) is 0 Å². The van der Waals surface area contributed by atoms with Crippen LogP contribution in [0.5, 0.6) is 5.75 Å². The van der Waals surface area contributed by atoms with Crippen LogP contribution >= 0.6 is 0 Å². The fraction of sp³-hybridized carbons (Fsp3) is 0.500. The molecule has 1 saturated heterocycles. The molecule has 1 aromatic rings. The molecular formula is C10H14N2O. The van der Waals surface area contributed by atoms with Crippen molar-refractivity contribution in [3.8, 4) is 5.75 Å². The number of nitrogens with one attached hydrogen (secondary N) is 1. The van der Waals surface area contributed by atoms with E-state index in [1.165, 1.54) is 18.4 Å². The van der Waals surface area contributed by atoms with Crippen LogP contribution in [0.4, 0.5) is 0 Å². The number of hydrogen-bond donors (Lipinski definition) is 1. The van der Waals surface area contributed by atoms with Gasteiger partial charge in [-0.25, -0.2) is 0 Å². The summed E-state index contributed by atoms with van der Waals surface area (Å²) in [7, 11) is 1.69. The van der Waals surface area contributed by atoms with Crippen LogP contribution in [0.25, 0.3) is 0 Å². The van der Waals surface area contributed by atoms with Crippen molar-refractivity contribution < 1.29 is 4.74 Å². The summed E-state index contributed by atoms with van der Waals surface area (Å²) in [6, 6.07) is 2.49. The lowest BCUT2D eigenvalue weighted by Gasteiger charge is -2.13. The van der Waals surface area contributed by atoms with E-state index in [1.807, 2.05) is 12.3 Å². The van der Waals surface area contributed by atoms with Crippen molar-refractivity contribution in [2.45, 2.75) is 18.9 Å². The van der Waals surface area contributed by atoms with Gasteiger partial charge in [0.05, 0.1) is 13.3 Å². The highest BCUT2D eigenvalue weighted by molar-refractivity contribution is 5.33. The van der Waals surface area contributed by atoms with Crippen molar-refractivity contribution in [2.24, 2.45) is 0 Å². The Bertz CT molecular complexity index is 282. The highest BCUT2D eigenvalue weighted by atomic mass is 16.5. The van der Waals surface area contributed by atoms with Crippen LogP contribution in [0.15, 0.2) is 18.5 Å². The number of hydrogen-bond acceptors (Lipinski definition) is 3. The molecule has 1 N–H and O–H groups in total. The van der Waals surface area contributed by atoms with Gasteiger partial charge in [0.15, 0.2) is 0 Å². The van der Waals surface area contributed by atoms with Gasteiger partial charge in [0.25, 0.3) is 0 Å². The molecule has 2 rings (SSSR count). The zero-order valence-electron chi connectivity index (χ0n) is 7.79. The minimum Gasteiger partial charge on any atom is -0.495 e. The predicted octanol–water partition coefficient (Wildman–Crippen LogP) is 1.51. The van der Waals surface area contributed by atoms with E-state index in [9.17, 15) is 0 Å². The van der Waals surface area contributed by atoms with E-state index in [2.05, 4.69) is 10.3 Å². The molecule has 1 aliphatic heterocycles. The molecule has 0 aromatic carbocycles. The largest absolute Gasteiger partial charge is 0.495 e. The van der Waals surface area contributed by atoms with E-state index in [0.717, 1.165) is 12.3 Å². The Balaban J connectivity index is 2.26. The average molecular weight is 178 g/mol. The fourth-order valence-electron chi connectivity index (χ4n) is 1.80. The van der Waals surface area contributed by atoms with Gasteiger partial charge in [-0.2, -0.15) is 0 Å². The van der Waals surface area contributed by atoms with Crippen LogP contribution in [0.1, 0.15) is 24.4 Å². The van der Waals surface area contributed by atoms with E-state index in [0.29, 0.717) is 6.04 Å². The van der Waals surface area contributed by atoms with E-state index in [4.69, 9.17) is 4.74 Å². The standard InChI is InChI=1S/C10H14N2O/c1-13-10-7-11-6-4-8(10)9-3-2-5-12-9/h4,6-7,9,12H,2-3,5H2,1H3/t9-/m1/s1. The first-order valence-electron chi connectivity index (χ1n) is 4.63. The van der Waals surface area contributed by atoms with Crippen LogP contribution in [-0.4, -0.2) is 18.6 Å². The van der Waals surface area contributed by atoms with Gasteiger partial charge in [-0.05, 0) is 25.5 Å². The highest BCUT2D eigenvalue weighted by Gasteiger charge is 2.19. The molecule has 2 heterocycles. The fourth-order valence-corrected chi connectivity index (χ4v) is 1.80. The van der Waals surface area contributed by atoms with Gasteiger partial charge in [-0.3, -0.25) is 4.98 Å². The number of aromatic nitrogens is 1. The van der Waals surface area contributed by atoms with E-state index < -0.39 is 0 Å². The molecule has 13 heavy (non-hydrogen) atoms. The maximum atomic E-state index is 5.26. The Morgan fingerprint density at radius 1 is 1.62 bits per heavy atom. The molecule has 0 bridgehead atoms. The molecule has 0 radical (unpaired) electrons. The van der Waals surface area contributed by atoms with E-state index in [-0.39, 0.29) is 0 Å².